The lowest BCUT2D eigenvalue weighted by atomic mass is 10.0. The van der Waals surface area contributed by atoms with Crippen molar-refractivity contribution in [1.82, 2.24) is 9.97 Å². The smallest absolute Gasteiger partial charge is 0.340 e. The van der Waals surface area contributed by atoms with E-state index in [2.05, 4.69) is 10.3 Å². The molecule has 0 aliphatic rings. The monoisotopic (exact) mass is 393 g/mol. The number of nitrogens with one attached hydrogen (secondary N) is 1. The van der Waals surface area contributed by atoms with Crippen LogP contribution in [-0.4, -0.2) is 30.2 Å². The Morgan fingerprint density at radius 3 is 2.54 bits per heavy atom. The summed E-state index contributed by atoms with van der Waals surface area (Å²) < 4.78 is 10.1. The van der Waals surface area contributed by atoms with Gasteiger partial charge in [-0.2, -0.15) is 0 Å². The molecule has 0 spiro atoms. The number of methoxy groups -OCH3 is 2. The van der Waals surface area contributed by atoms with Crippen LogP contribution < -0.4 is 10.1 Å². The first-order valence-electron chi connectivity index (χ1n) is 8.47. The van der Waals surface area contributed by atoms with Gasteiger partial charge in [0.1, 0.15) is 11.6 Å². The van der Waals surface area contributed by atoms with Gasteiger partial charge >= 0.3 is 5.97 Å². The molecule has 0 aliphatic heterocycles. The van der Waals surface area contributed by atoms with Crippen molar-refractivity contribution >= 4 is 50.8 Å². The minimum absolute atomic E-state index is 0.354. The van der Waals surface area contributed by atoms with E-state index in [0.29, 0.717) is 32.7 Å². The highest BCUT2D eigenvalue weighted by molar-refractivity contribution is 6.32. The number of carbonyl (C=O) groups is 1. The van der Waals surface area contributed by atoms with Gasteiger partial charge in [0.15, 0.2) is 0 Å². The number of pyridine rings is 2. The molecule has 0 aliphatic carbocycles. The number of anilines is 2. The number of nitrogens with zero attached hydrogens (tertiary/aromatic N) is 2. The van der Waals surface area contributed by atoms with Crippen LogP contribution in [0.1, 0.15) is 10.4 Å². The van der Waals surface area contributed by atoms with E-state index in [1.165, 1.54) is 13.3 Å². The van der Waals surface area contributed by atoms with Crippen LogP contribution in [0.5, 0.6) is 5.75 Å². The molecule has 28 heavy (non-hydrogen) atoms. The molecule has 7 heteroatoms. The first-order valence-corrected chi connectivity index (χ1v) is 8.85. The van der Waals surface area contributed by atoms with Crippen molar-refractivity contribution in [3.63, 3.8) is 0 Å². The predicted molar refractivity (Wildman–Crippen MR) is 110 cm³/mol. The van der Waals surface area contributed by atoms with E-state index in [1.807, 2.05) is 30.3 Å². The van der Waals surface area contributed by atoms with Crippen LogP contribution in [0.3, 0.4) is 0 Å². The van der Waals surface area contributed by atoms with Gasteiger partial charge in [-0.25, -0.2) is 9.78 Å². The zero-order valence-electron chi connectivity index (χ0n) is 15.2. The number of esters is 1. The van der Waals surface area contributed by atoms with E-state index in [-0.39, 0.29) is 0 Å². The summed E-state index contributed by atoms with van der Waals surface area (Å²) in [6, 6.07) is 12.8. The quantitative estimate of drug-likeness (QED) is 0.389. The summed E-state index contributed by atoms with van der Waals surface area (Å²) in [5, 5.41) is 5.98. The topological polar surface area (TPSA) is 73.3 Å². The van der Waals surface area contributed by atoms with Crippen molar-refractivity contribution in [3.05, 3.63) is 65.4 Å². The van der Waals surface area contributed by atoms with E-state index >= 15 is 0 Å². The van der Waals surface area contributed by atoms with Crippen molar-refractivity contribution in [1.29, 1.82) is 0 Å². The molecule has 2 aromatic heterocycles. The lowest BCUT2D eigenvalue weighted by Crippen LogP contribution is -2.05. The van der Waals surface area contributed by atoms with E-state index in [0.717, 1.165) is 16.8 Å². The van der Waals surface area contributed by atoms with Gasteiger partial charge in [0.25, 0.3) is 0 Å². The number of halogens is 1. The zero-order chi connectivity index (χ0) is 19.7. The molecule has 0 saturated carbocycles. The zero-order valence-corrected chi connectivity index (χ0v) is 15.9. The average Bonchev–Trinajstić information content (AvgIpc) is 2.73. The molecule has 0 saturated heterocycles. The molecule has 0 fully saturated rings. The van der Waals surface area contributed by atoms with Gasteiger partial charge in [-0.15, -0.1) is 0 Å². The Kier molecular flexibility index (Phi) is 4.71. The maximum Gasteiger partial charge on any atom is 0.340 e. The van der Waals surface area contributed by atoms with Gasteiger partial charge < -0.3 is 14.8 Å². The number of hydrogen-bond acceptors (Lipinski definition) is 6. The summed E-state index contributed by atoms with van der Waals surface area (Å²) in [5.74, 6) is 0.861. The second-order valence-corrected chi connectivity index (χ2v) is 6.51. The summed E-state index contributed by atoms with van der Waals surface area (Å²) in [5.41, 5.74) is 1.88. The van der Waals surface area contributed by atoms with Crippen LogP contribution in [0.2, 0.25) is 5.02 Å². The van der Waals surface area contributed by atoms with Crippen LogP contribution >= 0.6 is 11.6 Å². The summed E-state index contributed by atoms with van der Waals surface area (Å²) >= 11 is 6.20. The Morgan fingerprint density at radius 1 is 1.04 bits per heavy atom. The normalized spacial score (nSPS) is 10.8. The number of ether oxygens (including phenoxy) is 2. The molecule has 4 aromatic rings. The molecule has 1 N–H and O–H groups in total. The third-order valence-electron chi connectivity index (χ3n) is 4.42. The molecule has 2 aromatic carbocycles. The fraction of sp³-hybridized carbons (Fsp3) is 0.0952. The number of hydrogen-bond donors (Lipinski definition) is 1. The summed E-state index contributed by atoms with van der Waals surface area (Å²) in [6.07, 6.45) is 3.16. The van der Waals surface area contributed by atoms with Crippen molar-refractivity contribution in [3.8, 4) is 5.75 Å². The molecule has 0 bridgehead atoms. The first kappa shape index (κ1) is 18.0. The molecule has 2 heterocycles. The van der Waals surface area contributed by atoms with E-state index < -0.39 is 5.97 Å². The molecule has 0 unspecified atom stereocenters. The largest absolute Gasteiger partial charge is 0.497 e. The van der Waals surface area contributed by atoms with Gasteiger partial charge in [-0.3, -0.25) is 4.98 Å². The van der Waals surface area contributed by atoms with Crippen molar-refractivity contribution in [2.24, 2.45) is 0 Å². The highest BCUT2D eigenvalue weighted by Crippen LogP contribution is 2.34. The summed E-state index contributed by atoms with van der Waals surface area (Å²) in [4.78, 5) is 21.3. The standard InChI is InChI=1S/C21H16ClN3O3/c1-27-14-6-4-13(5-7-14)24-20-16-10-23-11-17(21(26)28-2)19(16)15-9-12(22)3-8-18(15)25-20/h3-11H,1-2H3,(H,24,25). The van der Waals surface area contributed by atoms with E-state index in [4.69, 9.17) is 26.1 Å². The molecule has 0 atom stereocenters. The highest BCUT2D eigenvalue weighted by atomic mass is 35.5. The predicted octanol–water partition coefficient (Wildman–Crippen LogP) is 4.98. The van der Waals surface area contributed by atoms with Crippen molar-refractivity contribution in [2.45, 2.75) is 0 Å². The molecule has 4 rings (SSSR count). The minimum atomic E-state index is -0.471. The van der Waals surface area contributed by atoms with Gasteiger partial charge in [0.05, 0.1) is 25.3 Å². The number of carbonyl (C=O) groups excluding carboxylic acids is 1. The average molecular weight is 394 g/mol. The molecule has 0 radical (unpaired) electrons. The number of aromatic nitrogens is 2. The van der Waals surface area contributed by atoms with E-state index in [9.17, 15) is 4.79 Å². The Morgan fingerprint density at radius 2 is 1.82 bits per heavy atom. The number of benzene rings is 2. The van der Waals surface area contributed by atoms with Gasteiger partial charge in [-0.05, 0) is 42.5 Å². The Balaban J connectivity index is 1.97. The maximum absolute atomic E-state index is 12.3. The Hall–Kier alpha value is -3.38. The SMILES string of the molecule is COC(=O)c1cncc2c(Nc3ccc(OC)cc3)nc3ccc(Cl)cc3c12. The number of fused-ring (bicyclic) bond motifs is 3. The lowest BCUT2D eigenvalue weighted by molar-refractivity contribution is 0.0602. The van der Waals surface area contributed by atoms with Crippen LogP contribution in [0, 0.1) is 0 Å². The fourth-order valence-corrected chi connectivity index (χ4v) is 3.26. The maximum atomic E-state index is 12.3. The molecule has 0 amide bonds. The third-order valence-corrected chi connectivity index (χ3v) is 4.65. The van der Waals surface area contributed by atoms with Gasteiger partial charge in [-0.1, -0.05) is 11.6 Å². The Labute approximate surface area is 166 Å². The van der Waals surface area contributed by atoms with Crippen LogP contribution in [0.4, 0.5) is 11.5 Å². The van der Waals surface area contributed by atoms with Crippen LogP contribution in [0.25, 0.3) is 21.7 Å². The van der Waals surface area contributed by atoms with Crippen molar-refractivity contribution < 1.29 is 14.3 Å². The molecular formula is C21H16ClN3O3. The fourth-order valence-electron chi connectivity index (χ4n) is 3.09. The number of rotatable bonds is 4. The van der Waals surface area contributed by atoms with Crippen LogP contribution in [-0.2, 0) is 4.74 Å². The first-order chi connectivity index (χ1) is 13.6. The van der Waals surface area contributed by atoms with Gasteiger partial charge in [0.2, 0.25) is 0 Å². The second kappa shape index (κ2) is 7.32. The third kappa shape index (κ3) is 3.18. The van der Waals surface area contributed by atoms with Gasteiger partial charge in [0, 0.05) is 39.3 Å². The summed E-state index contributed by atoms with van der Waals surface area (Å²) in [6.45, 7) is 0. The molecular weight excluding hydrogens is 378 g/mol. The summed E-state index contributed by atoms with van der Waals surface area (Å²) in [7, 11) is 2.96. The molecule has 140 valence electrons. The Bertz CT molecular complexity index is 1190. The second-order valence-electron chi connectivity index (χ2n) is 6.08. The van der Waals surface area contributed by atoms with Crippen LogP contribution in [0.15, 0.2) is 54.9 Å². The van der Waals surface area contributed by atoms with E-state index in [1.54, 1.807) is 25.4 Å². The highest BCUT2D eigenvalue weighted by Gasteiger charge is 2.18. The molecule has 6 nitrogen and oxygen atoms in total. The lowest BCUT2D eigenvalue weighted by Gasteiger charge is -2.14. The minimum Gasteiger partial charge on any atom is -0.497 e. The van der Waals surface area contributed by atoms with Crippen molar-refractivity contribution in [2.75, 3.05) is 19.5 Å².